The maximum Gasteiger partial charge on any atom is 0.255 e. The minimum Gasteiger partial charge on any atom is -0.322 e. The van der Waals surface area contributed by atoms with Gasteiger partial charge < -0.3 is 5.32 Å². The zero-order chi connectivity index (χ0) is 20.1. The first kappa shape index (κ1) is 19.4. The van der Waals surface area contributed by atoms with E-state index in [-0.39, 0.29) is 5.91 Å². The van der Waals surface area contributed by atoms with Crippen LogP contribution in [-0.4, -0.2) is 33.7 Å². The Hall–Kier alpha value is -2.92. The lowest BCUT2D eigenvalue weighted by atomic mass is 9.99. The Bertz CT molecular complexity index is 909. The van der Waals surface area contributed by atoms with E-state index in [1.54, 1.807) is 6.20 Å². The zero-order valence-corrected chi connectivity index (χ0v) is 16.9. The van der Waals surface area contributed by atoms with Crippen LogP contribution >= 0.6 is 0 Å². The third-order valence-corrected chi connectivity index (χ3v) is 5.61. The summed E-state index contributed by atoms with van der Waals surface area (Å²) < 4.78 is 1.86. The molecule has 5 nitrogen and oxygen atoms in total. The monoisotopic (exact) mass is 388 g/mol. The first-order chi connectivity index (χ1) is 14.2. The highest BCUT2D eigenvalue weighted by Crippen LogP contribution is 2.19. The van der Waals surface area contributed by atoms with E-state index in [0.29, 0.717) is 12.1 Å². The van der Waals surface area contributed by atoms with Gasteiger partial charge in [0.15, 0.2) is 0 Å². The standard InChI is InChI=1S/C24H28N4O/c1-19-11-15-27(16-12-19)17-20-5-9-23(10-6-20)26-24(29)22-7-3-21(4-8-22)18-28-14-2-13-25-28/h2-10,13-14,19H,11-12,15-18H2,1H3,(H,26,29). The van der Waals surface area contributed by atoms with Crippen LogP contribution in [0, 0.1) is 5.92 Å². The SMILES string of the molecule is CC1CCN(Cc2ccc(NC(=O)c3ccc(Cn4cccn4)cc3)cc2)CC1. The molecule has 0 radical (unpaired) electrons. The van der Waals surface area contributed by atoms with Crippen molar-refractivity contribution in [2.75, 3.05) is 18.4 Å². The van der Waals surface area contributed by atoms with E-state index in [0.717, 1.165) is 23.7 Å². The van der Waals surface area contributed by atoms with Crippen molar-refractivity contribution in [3.63, 3.8) is 0 Å². The van der Waals surface area contributed by atoms with Crippen molar-refractivity contribution < 1.29 is 4.79 Å². The molecule has 3 aromatic rings. The summed E-state index contributed by atoms with van der Waals surface area (Å²) in [4.78, 5) is 15.1. The lowest BCUT2D eigenvalue weighted by Gasteiger charge is -2.30. The molecule has 0 unspecified atom stereocenters. The number of hydrogen-bond donors (Lipinski definition) is 1. The number of anilines is 1. The van der Waals surface area contributed by atoms with Crippen LogP contribution in [0.3, 0.4) is 0 Å². The van der Waals surface area contributed by atoms with Gasteiger partial charge in [-0.3, -0.25) is 14.4 Å². The molecule has 0 atom stereocenters. The second-order valence-corrected chi connectivity index (χ2v) is 8.01. The molecular weight excluding hydrogens is 360 g/mol. The average Bonchev–Trinajstić information content (AvgIpc) is 3.25. The van der Waals surface area contributed by atoms with E-state index in [1.807, 2.05) is 53.3 Å². The summed E-state index contributed by atoms with van der Waals surface area (Å²) in [5.41, 5.74) is 3.88. The molecule has 1 saturated heterocycles. The van der Waals surface area contributed by atoms with Gasteiger partial charge in [0, 0.05) is 30.2 Å². The third-order valence-electron chi connectivity index (χ3n) is 5.61. The van der Waals surface area contributed by atoms with Gasteiger partial charge in [0.1, 0.15) is 0 Å². The molecule has 0 bridgehead atoms. The molecule has 1 aromatic heterocycles. The van der Waals surface area contributed by atoms with Crippen molar-refractivity contribution in [3.8, 4) is 0 Å². The van der Waals surface area contributed by atoms with Crippen LogP contribution in [0.25, 0.3) is 0 Å². The van der Waals surface area contributed by atoms with Gasteiger partial charge >= 0.3 is 0 Å². The van der Waals surface area contributed by atoms with Gasteiger partial charge in [-0.25, -0.2) is 0 Å². The zero-order valence-electron chi connectivity index (χ0n) is 16.9. The molecule has 2 heterocycles. The van der Waals surface area contributed by atoms with Crippen molar-refractivity contribution in [3.05, 3.63) is 83.7 Å². The van der Waals surface area contributed by atoms with Crippen LogP contribution in [0.1, 0.15) is 41.3 Å². The maximum atomic E-state index is 12.5. The number of aromatic nitrogens is 2. The molecule has 1 aliphatic heterocycles. The van der Waals surface area contributed by atoms with Gasteiger partial charge in [0.2, 0.25) is 0 Å². The van der Waals surface area contributed by atoms with Crippen molar-refractivity contribution >= 4 is 11.6 Å². The van der Waals surface area contributed by atoms with E-state index in [1.165, 1.54) is 31.5 Å². The summed E-state index contributed by atoms with van der Waals surface area (Å²) in [6, 6.07) is 17.8. The van der Waals surface area contributed by atoms with Crippen LogP contribution in [-0.2, 0) is 13.1 Å². The van der Waals surface area contributed by atoms with Crippen molar-refractivity contribution in [2.45, 2.75) is 32.9 Å². The number of carbonyl (C=O) groups is 1. The van der Waals surface area contributed by atoms with E-state index in [9.17, 15) is 4.79 Å². The molecule has 150 valence electrons. The first-order valence-corrected chi connectivity index (χ1v) is 10.3. The minimum absolute atomic E-state index is 0.0894. The summed E-state index contributed by atoms with van der Waals surface area (Å²) in [5.74, 6) is 0.761. The van der Waals surface area contributed by atoms with Crippen molar-refractivity contribution in [2.24, 2.45) is 5.92 Å². The largest absolute Gasteiger partial charge is 0.322 e. The normalized spacial score (nSPS) is 15.3. The molecule has 1 N–H and O–H groups in total. The highest BCUT2D eigenvalue weighted by molar-refractivity contribution is 6.04. The number of nitrogens with one attached hydrogen (secondary N) is 1. The van der Waals surface area contributed by atoms with Gasteiger partial charge in [-0.05, 0) is 73.3 Å². The summed E-state index contributed by atoms with van der Waals surface area (Å²) in [6.45, 7) is 6.37. The smallest absolute Gasteiger partial charge is 0.255 e. The molecule has 29 heavy (non-hydrogen) atoms. The minimum atomic E-state index is -0.0894. The van der Waals surface area contributed by atoms with Crippen LogP contribution in [0.5, 0.6) is 0 Å². The fourth-order valence-electron chi connectivity index (χ4n) is 3.72. The number of carbonyl (C=O) groups excluding carboxylic acids is 1. The topological polar surface area (TPSA) is 50.2 Å². The highest BCUT2D eigenvalue weighted by Gasteiger charge is 2.15. The van der Waals surface area contributed by atoms with Crippen LogP contribution in [0.15, 0.2) is 67.0 Å². The van der Waals surface area contributed by atoms with E-state index < -0.39 is 0 Å². The Labute approximate surface area is 172 Å². The van der Waals surface area contributed by atoms with Crippen LogP contribution < -0.4 is 5.32 Å². The summed E-state index contributed by atoms with van der Waals surface area (Å²) in [7, 11) is 0. The summed E-state index contributed by atoms with van der Waals surface area (Å²) >= 11 is 0. The van der Waals surface area contributed by atoms with Crippen molar-refractivity contribution in [1.82, 2.24) is 14.7 Å². The molecule has 0 saturated carbocycles. The molecule has 1 amide bonds. The van der Waals surface area contributed by atoms with E-state index in [2.05, 4.69) is 34.4 Å². The van der Waals surface area contributed by atoms with E-state index >= 15 is 0 Å². The molecule has 5 heteroatoms. The second kappa shape index (κ2) is 9.05. The predicted molar refractivity (Wildman–Crippen MR) is 116 cm³/mol. The molecule has 0 aliphatic carbocycles. The number of amides is 1. The predicted octanol–water partition coefficient (Wildman–Crippen LogP) is 4.42. The number of nitrogens with zero attached hydrogens (tertiary/aromatic N) is 3. The van der Waals surface area contributed by atoms with E-state index in [4.69, 9.17) is 0 Å². The Balaban J connectivity index is 1.31. The number of benzene rings is 2. The quantitative estimate of drug-likeness (QED) is 0.680. The molecule has 2 aromatic carbocycles. The lowest BCUT2D eigenvalue weighted by molar-refractivity contribution is 0.102. The lowest BCUT2D eigenvalue weighted by Crippen LogP contribution is -2.32. The average molecular weight is 389 g/mol. The first-order valence-electron chi connectivity index (χ1n) is 10.3. The summed E-state index contributed by atoms with van der Waals surface area (Å²) in [6.07, 6.45) is 6.26. The third kappa shape index (κ3) is 5.33. The number of likely N-dealkylation sites (tertiary alicyclic amines) is 1. The van der Waals surface area contributed by atoms with Gasteiger partial charge in [-0.1, -0.05) is 31.2 Å². The maximum absolute atomic E-state index is 12.5. The number of hydrogen-bond acceptors (Lipinski definition) is 3. The fraction of sp³-hybridized carbons (Fsp3) is 0.333. The Morgan fingerprint density at radius 1 is 1.00 bits per heavy atom. The number of rotatable bonds is 6. The van der Waals surface area contributed by atoms with Gasteiger partial charge in [0.05, 0.1) is 6.54 Å². The molecule has 0 spiro atoms. The molecule has 1 aliphatic rings. The molecule has 4 rings (SSSR count). The Morgan fingerprint density at radius 2 is 1.66 bits per heavy atom. The Kier molecular flexibility index (Phi) is 6.06. The summed E-state index contributed by atoms with van der Waals surface area (Å²) in [5, 5.41) is 7.20. The molecule has 1 fully saturated rings. The van der Waals surface area contributed by atoms with Crippen LogP contribution in [0.2, 0.25) is 0 Å². The van der Waals surface area contributed by atoms with Crippen LogP contribution in [0.4, 0.5) is 5.69 Å². The van der Waals surface area contributed by atoms with Gasteiger partial charge in [-0.2, -0.15) is 5.10 Å². The fourth-order valence-corrected chi connectivity index (χ4v) is 3.72. The second-order valence-electron chi connectivity index (χ2n) is 8.01. The Morgan fingerprint density at radius 3 is 2.31 bits per heavy atom. The van der Waals surface area contributed by atoms with Gasteiger partial charge in [0.25, 0.3) is 5.91 Å². The van der Waals surface area contributed by atoms with Crippen molar-refractivity contribution in [1.29, 1.82) is 0 Å². The molecular formula is C24H28N4O. The van der Waals surface area contributed by atoms with Gasteiger partial charge in [-0.15, -0.1) is 0 Å². The number of piperidine rings is 1. The highest BCUT2D eigenvalue weighted by atomic mass is 16.1.